The number of imidazole rings is 1. The van der Waals surface area contributed by atoms with Crippen LogP contribution in [-0.2, 0) is 9.59 Å². The van der Waals surface area contributed by atoms with Crippen molar-refractivity contribution in [1.29, 1.82) is 0 Å². The molecule has 0 atom stereocenters. The maximum Gasteiger partial charge on any atom is 0.246 e. The third kappa shape index (κ3) is 4.07. The molecule has 3 rings (SSSR count). The summed E-state index contributed by atoms with van der Waals surface area (Å²) in [4.78, 5) is 30.5. The van der Waals surface area contributed by atoms with E-state index in [9.17, 15) is 9.59 Å². The van der Waals surface area contributed by atoms with Crippen molar-refractivity contribution in [3.8, 4) is 0 Å². The van der Waals surface area contributed by atoms with Crippen molar-refractivity contribution in [2.45, 2.75) is 26.2 Å². The third-order valence-corrected chi connectivity index (χ3v) is 4.91. The van der Waals surface area contributed by atoms with E-state index in [4.69, 9.17) is 11.6 Å². The number of nitrogens with one attached hydrogen (secondary N) is 1. The molecule has 0 saturated carbocycles. The van der Waals surface area contributed by atoms with Crippen LogP contribution in [0.3, 0.4) is 0 Å². The lowest BCUT2D eigenvalue weighted by molar-refractivity contribution is -0.132. The molecule has 1 N–H and O–H groups in total. The van der Waals surface area contributed by atoms with Crippen molar-refractivity contribution in [2.75, 3.05) is 19.6 Å². The van der Waals surface area contributed by atoms with Gasteiger partial charge in [0.25, 0.3) is 0 Å². The lowest BCUT2D eigenvalue weighted by atomic mass is 9.96. The Labute approximate surface area is 157 Å². The Hall–Kier alpha value is -2.34. The molecule has 1 saturated heterocycles. The molecule has 2 amide bonds. The first-order valence-corrected chi connectivity index (χ1v) is 9.35. The van der Waals surface area contributed by atoms with Crippen molar-refractivity contribution in [3.05, 3.63) is 41.3 Å². The van der Waals surface area contributed by atoms with Gasteiger partial charge in [-0.2, -0.15) is 0 Å². The van der Waals surface area contributed by atoms with Crippen molar-refractivity contribution < 1.29 is 9.59 Å². The first kappa shape index (κ1) is 18.5. The average Bonchev–Trinajstić information content (AvgIpc) is 2.99. The number of nitrogens with zero attached hydrogens (tertiary/aromatic N) is 3. The average molecular weight is 375 g/mol. The molecule has 138 valence electrons. The van der Waals surface area contributed by atoms with Crippen molar-refractivity contribution in [3.63, 3.8) is 0 Å². The second kappa shape index (κ2) is 8.36. The van der Waals surface area contributed by atoms with Gasteiger partial charge in [-0.1, -0.05) is 24.6 Å². The van der Waals surface area contributed by atoms with E-state index in [1.807, 2.05) is 35.7 Å². The summed E-state index contributed by atoms with van der Waals surface area (Å²) in [7, 11) is 0. The van der Waals surface area contributed by atoms with Gasteiger partial charge in [0.05, 0.1) is 5.69 Å². The number of carbonyl (C=O) groups excluding carboxylic acids is 2. The molecule has 7 heteroatoms. The van der Waals surface area contributed by atoms with Crippen molar-refractivity contribution >= 4 is 35.1 Å². The second-order valence-corrected chi connectivity index (χ2v) is 6.80. The molecule has 26 heavy (non-hydrogen) atoms. The van der Waals surface area contributed by atoms with Crippen LogP contribution >= 0.6 is 11.6 Å². The molecule has 0 bridgehead atoms. The highest BCUT2D eigenvalue weighted by Gasteiger charge is 2.26. The number of aromatic nitrogens is 2. The molecule has 1 aliphatic rings. The number of piperidine rings is 1. The maximum absolute atomic E-state index is 12.5. The highest BCUT2D eigenvalue weighted by molar-refractivity contribution is 6.31. The van der Waals surface area contributed by atoms with Gasteiger partial charge in [-0.3, -0.25) is 14.0 Å². The minimum atomic E-state index is -0.0700. The Balaban J connectivity index is 1.60. The predicted molar refractivity (Wildman–Crippen MR) is 102 cm³/mol. The number of carbonyl (C=O) groups is 2. The van der Waals surface area contributed by atoms with Gasteiger partial charge in [0.2, 0.25) is 11.8 Å². The molecular formula is C19H23ClN4O2. The fourth-order valence-corrected chi connectivity index (χ4v) is 3.39. The summed E-state index contributed by atoms with van der Waals surface area (Å²) in [5, 5.41) is 3.30. The summed E-state index contributed by atoms with van der Waals surface area (Å²) in [6.45, 7) is 3.92. The number of pyridine rings is 1. The summed E-state index contributed by atoms with van der Waals surface area (Å²) in [5.74, 6) is 0.0363. The second-order valence-electron chi connectivity index (χ2n) is 6.44. The molecule has 2 aromatic rings. The van der Waals surface area contributed by atoms with Crippen molar-refractivity contribution in [1.82, 2.24) is 19.6 Å². The zero-order valence-corrected chi connectivity index (χ0v) is 15.6. The van der Waals surface area contributed by atoms with Crippen LogP contribution in [0.25, 0.3) is 11.7 Å². The van der Waals surface area contributed by atoms with Crippen LogP contribution < -0.4 is 5.32 Å². The number of rotatable bonds is 5. The Morgan fingerprint density at radius 2 is 2.12 bits per heavy atom. The molecule has 0 radical (unpaired) electrons. The largest absolute Gasteiger partial charge is 0.356 e. The maximum atomic E-state index is 12.5. The smallest absolute Gasteiger partial charge is 0.246 e. The Morgan fingerprint density at radius 3 is 2.85 bits per heavy atom. The van der Waals surface area contributed by atoms with Crippen LogP contribution in [0, 0.1) is 5.92 Å². The number of hydrogen-bond donors (Lipinski definition) is 1. The normalized spacial score (nSPS) is 15.7. The van der Waals surface area contributed by atoms with Crippen LogP contribution in [0.5, 0.6) is 0 Å². The van der Waals surface area contributed by atoms with Crippen LogP contribution in [0.15, 0.2) is 30.5 Å². The molecule has 0 aromatic carbocycles. The van der Waals surface area contributed by atoms with E-state index in [0.717, 1.165) is 12.1 Å². The van der Waals surface area contributed by atoms with Gasteiger partial charge in [0, 0.05) is 37.8 Å². The summed E-state index contributed by atoms with van der Waals surface area (Å²) in [5.41, 5.74) is 1.42. The van der Waals surface area contributed by atoms with E-state index in [-0.39, 0.29) is 17.7 Å². The highest BCUT2D eigenvalue weighted by Crippen LogP contribution is 2.20. The summed E-state index contributed by atoms with van der Waals surface area (Å²) < 4.78 is 1.84. The fraction of sp³-hybridized carbons (Fsp3) is 0.421. The summed E-state index contributed by atoms with van der Waals surface area (Å²) in [6.07, 6.45) is 7.42. The van der Waals surface area contributed by atoms with E-state index in [2.05, 4.69) is 10.3 Å². The summed E-state index contributed by atoms with van der Waals surface area (Å²) in [6, 6.07) is 5.63. The molecular weight excluding hydrogens is 352 g/mol. The van der Waals surface area contributed by atoms with Crippen LogP contribution in [-0.4, -0.2) is 45.7 Å². The molecule has 0 unspecified atom stereocenters. The van der Waals surface area contributed by atoms with Gasteiger partial charge in [-0.05, 0) is 37.5 Å². The number of amides is 2. The monoisotopic (exact) mass is 374 g/mol. The molecule has 1 aliphatic heterocycles. The minimum absolute atomic E-state index is 0.00259. The number of fused-ring (bicyclic) bond motifs is 1. The topological polar surface area (TPSA) is 66.7 Å². The lowest BCUT2D eigenvalue weighted by Gasteiger charge is -2.30. The first-order chi connectivity index (χ1) is 12.6. The highest BCUT2D eigenvalue weighted by atomic mass is 35.5. The van der Waals surface area contributed by atoms with Gasteiger partial charge < -0.3 is 10.2 Å². The van der Waals surface area contributed by atoms with Gasteiger partial charge in [0.15, 0.2) is 5.15 Å². The lowest BCUT2D eigenvalue weighted by Crippen LogP contribution is -2.42. The number of hydrogen-bond acceptors (Lipinski definition) is 3. The Kier molecular flexibility index (Phi) is 5.93. The number of likely N-dealkylation sites (tertiary alicyclic amines) is 1. The Morgan fingerprint density at radius 1 is 1.35 bits per heavy atom. The zero-order chi connectivity index (χ0) is 18.5. The van der Waals surface area contributed by atoms with Crippen molar-refractivity contribution in [2.24, 2.45) is 5.92 Å². The third-order valence-electron chi connectivity index (χ3n) is 4.63. The molecule has 3 heterocycles. The minimum Gasteiger partial charge on any atom is -0.356 e. The van der Waals surface area contributed by atoms with Crippen LogP contribution in [0.4, 0.5) is 0 Å². The Bertz CT molecular complexity index is 822. The molecule has 1 fully saturated rings. The van der Waals surface area contributed by atoms with E-state index < -0.39 is 0 Å². The zero-order valence-electron chi connectivity index (χ0n) is 14.8. The molecule has 0 spiro atoms. The van der Waals surface area contributed by atoms with Crippen LogP contribution in [0.1, 0.15) is 31.9 Å². The van der Waals surface area contributed by atoms with E-state index in [0.29, 0.717) is 43.3 Å². The SMILES string of the molecule is CCCNC(=O)C1CCN(C(=O)/C=C/c2c(Cl)nc3ccccn23)CC1. The van der Waals surface area contributed by atoms with E-state index in [1.165, 1.54) is 6.08 Å². The van der Waals surface area contributed by atoms with E-state index >= 15 is 0 Å². The first-order valence-electron chi connectivity index (χ1n) is 8.97. The number of halogens is 1. The summed E-state index contributed by atoms with van der Waals surface area (Å²) >= 11 is 6.18. The fourth-order valence-electron chi connectivity index (χ4n) is 3.15. The van der Waals surface area contributed by atoms with Crippen LogP contribution in [0.2, 0.25) is 5.15 Å². The van der Waals surface area contributed by atoms with Gasteiger partial charge in [0.1, 0.15) is 5.65 Å². The van der Waals surface area contributed by atoms with Gasteiger partial charge in [-0.25, -0.2) is 4.98 Å². The quantitative estimate of drug-likeness (QED) is 0.818. The van der Waals surface area contributed by atoms with Gasteiger partial charge in [-0.15, -0.1) is 0 Å². The standard InChI is InChI=1S/C19H23ClN4O2/c1-2-10-21-19(26)14-8-12-23(13-9-14)17(25)7-6-15-18(20)22-16-5-3-4-11-24(15)16/h3-7,11,14H,2,8-10,12-13H2,1H3,(H,21,26)/b7-6+. The molecule has 2 aromatic heterocycles. The van der Waals surface area contributed by atoms with Gasteiger partial charge >= 0.3 is 0 Å². The molecule has 6 nitrogen and oxygen atoms in total. The van der Waals surface area contributed by atoms with E-state index in [1.54, 1.807) is 11.0 Å². The predicted octanol–water partition coefficient (Wildman–Crippen LogP) is 2.77. The molecule has 0 aliphatic carbocycles.